The van der Waals surface area contributed by atoms with Crippen LogP contribution in [0.2, 0.25) is 0 Å². The van der Waals surface area contributed by atoms with Crippen LogP contribution >= 0.6 is 15.9 Å². The minimum Gasteiger partial charge on any atom is -0.490 e. The molecule has 0 aliphatic heterocycles. The van der Waals surface area contributed by atoms with Crippen molar-refractivity contribution in [2.45, 2.75) is 66.1 Å². The second-order valence-corrected chi connectivity index (χ2v) is 9.05. The molecule has 0 fully saturated rings. The van der Waals surface area contributed by atoms with Crippen molar-refractivity contribution in [3.05, 3.63) is 58.1 Å². The van der Waals surface area contributed by atoms with Crippen molar-refractivity contribution in [1.82, 2.24) is 10.2 Å². The van der Waals surface area contributed by atoms with Crippen molar-refractivity contribution in [2.24, 2.45) is 0 Å². The molecule has 6 nitrogen and oxygen atoms in total. The van der Waals surface area contributed by atoms with Gasteiger partial charge in [-0.1, -0.05) is 34.1 Å². The van der Waals surface area contributed by atoms with E-state index >= 15 is 0 Å². The highest BCUT2D eigenvalue weighted by atomic mass is 79.9. The number of benzene rings is 2. The van der Waals surface area contributed by atoms with Crippen molar-refractivity contribution >= 4 is 27.7 Å². The van der Waals surface area contributed by atoms with Gasteiger partial charge in [-0.15, -0.1) is 0 Å². The molecule has 0 aromatic heterocycles. The number of nitrogens with one attached hydrogen (secondary N) is 1. The van der Waals surface area contributed by atoms with Crippen LogP contribution in [0.5, 0.6) is 11.5 Å². The van der Waals surface area contributed by atoms with Crippen LogP contribution < -0.4 is 14.8 Å². The van der Waals surface area contributed by atoms with E-state index in [1.54, 1.807) is 11.8 Å². The minimum atomic E-state index is -0.581. The van der Waals surface area contributed by atoms with Crippen molar-refractivity contribution in [2.75, 3.05) is 13.2 Å². The third kappa shape index (κ3) is 8.39. The molecule has 1 atom stereocenters. The molecule has 0 heterocycles. The lowest BCUT2D eigenvalue weighted by Gasteiger charge is -2.29. The highest BCUT2D eigenvalue weighted by Crippen LogP contribution is 2.29. The first-order chi connectivity index (χ1) is 15.7. The topological polar surface area (TPSA) is 67.9 Å². The lowest BCUT2D eigenvalue weighted by molar-refractivity contribution is -0.140. The van der Waals surface area contributed by atoms with Crippen molar-refractivity contribution in [1.29, 1.82) is 0 Å². The monoisotopic (exact) mass is 518 g/mol. The molecule has 0 unspecified atom stereocenters. The fraction of sp³-hybridized carbons (Fsp3) is 0.462. The normalized spacial score (nSPS) is 11.7. The molecular formula is C26H35BrN2O4. The Labute approximate surface area is 205 Å². The summed E-state index contributed by atoms with van der Waals surface area (Å²) in [5, 5.41) is 2.92. The number of nitrogens with zero attached hydrogens (tertiary/aromatic N) is 1. The third-order valence-electron chi connectivity index (χ3n) is 5.10. The average Bonchev–Trinajstić information content (AvgIpc) is 2.78. The first kappa shape index (κ1) is 26.7. The number of amides is 2. The van der Waals surface area contributed by atoms with Crippen LogP contribution in [-0.2, 0) is 22.6 Å². The number of hydrogen-bond acceptors (Lipinski definition) is 4. The minimum absolute atomic E-state index is 0.00502. The quantitative estimate of drug-likeness (QED) is 0.423. The third-order valence-corrected chi connectivity index (χ3v) is 5.63. The maximum absolute atomic E-state index is 13.3. The summed E-state index contributed by atoms with van der Waals surface area (Å²) in [6.07, 6.45) is 0.829. The van der Waals surface area contributed by atoms with Gasteiger partial charge in [-0.25, -0.2) is 0 Å². The van der Waals surface area contributed by atoms with E-state index in [-0.39, 0.29) is 24.3 Å². The maximum Gasteiger partial charge on any atom is 0.242 e. The van der Waals surface area contributed by atoms with Crippen LogP contribution in [0.15, 0.2) is 46.9 Å². The molecule has 0 radical (unpaired) electrons. The number of hydrogen-bond donors (Lipinski definition) is 1. The van der Waals surface area contributed by atoms with Crippen LogP contribution in [0, 0.1) is 0 Å². The number of rotatable bonds is 12. The molecule has 33 heavy (non-hydrogen) atoms. The predicted molar refractivity (Wildman–Crippen MR) is 135 cm³/mol. The molecule has 180 valence electrons. The van der Waals surface area contributed by atoms with Crippen LogP contribution in [0.1, 0.15) is 52.2 Å². The Morgan fingerprint density at radius 3 is 2.15 bits per heavy atom. The number of ether oxygens (including phenoxy) is 2. The average molecular weight is 519 g/mol. The standard InChI is InChI=1S/C26H35BrN2O4/c1-6-32-23-14-10-20(16-24(23)33-7-2)11-15-25(30)29(19(5)26(31)28-18(3)4)17-21-8-12-22(27)13-9-21/h8-10,12-14,16,18-19H,6-7,11,15,17H2,1-5H3,(H,28,31)/t19-/m1/s1. The number of aryl methyl sites for hydroxylation is 1. The van der Waals surface area contributed by atoms with Gasteiger partial charge in [0.05, 0.1) is 13.2 Å². The Hall–Kier alpha value is -2.54. The molecule has 0 aliphatic carbocycles. The van der Waals surface area contributed by atoms with Gasteiger partial charge in [-0.3, -0.25) is 9.59 Å². The fourth-order valence-corrected chi connectivity index (χ4v) is 3.68. The zero-order chi connectivity index (χ0) is 24.4. The number of halogens is 1. The summed E-state index contributed by atoms with van der Waals surface area (Å²) in [7, 11) is 0. The Kier molecular flexibility index (Phi) is 10.7. The summed E-state index contributed by atoms with van der Waals surface area (Å²) in [4.78, 5) is 27.6. The predicted octanol–water partition coefficient (Wildman–Crippen LogP) is 5.12. The molecule has 2 amide bonds. The summed E-state index contributed by atoms with van der Waals surface area (Å²) < 4.78 is 12.3. The maximum atomic E-state index is 13.3. The first-order valence-electron chi connectivity index (χ1n) is 11.5. The molecule has 0 saturated carbocycles. The first-order valence-corrected chi connectivity index (χ1v) is 12.3. The molecule has 2 rings (SSSR count). The van der Waals surface area contributed by atoms with Crippen LogP contribution in [0.3, 0.4) is 0 Å². The van der Waals surface area contributed by atoms with E-state index in [1.807, 2.05) is 70.2 Å². The second-order valence-electron chi connectivity index (χ2n) is 8.13. The van der Waals surface area contributed by atoms with Gasteiger partial charge in [0.2, 0.25) is 11.8 Å². The van der Waals surface area contributed by atoms with E-state index in [2.05, 4.69) is 21.2 Å². The van der Waals surface area contributed by atoms with Crippen LogP contribution in [0.4, 0.5) is 0 Å². The van der Waals surface area contributed by atoms with Crippen LogP contribution in [0.25, 0.3) is 0 Å². The van der Waals surface area contributed by atoms with Gasteiger partial charge >= 0.3 is 0 Å². The van der Waals surface area contributed by atoms with Crippen molar-refractivity contribution < 1.29 is 19.1 Å². The van der Waals surface area contributed by atoms with E-state index in [9.17, 15) is 9.59 Å². The van der Waals surface area contributed by atoms with E-state index in [1.165, 1.54) is 0 Å². The highest BCUT2D eigenvalue weighted by molar-refractivity contribution is 9.10. The van der Waals surface area contributed by atoms with Crippen molar-refractivity contribution in [3.8, 4) is 11.5 Å². The van der Waals surface area contributed by atoms with Gasteiger partial charge in [-0.2, -0.15) is 0 Å². The van der Waals surface area contributed by atoms with Gasteiger partial charge in [0.25, 0.3) is 0 Å². The smallest absolute Gasteiger partial charge is 0.242 e. The molecule has 0 bridgehead atoms. The summed E-state index contributed by atoms with van der Waals surface area (Å²) in [6.45, 7) is 10.9. The number of carbonyl (C=O) groups is 2. The number of carbonyl (C=O) groups excluding carboxylic acids is 2. The fourth-order valence-electron chi connectivity index (χ4n) is 3.42. The lowest BCUT2D eigenvalue weighted by Crippen LogP contribution is -2.49. The SMILES string of the molecule is CCOc1ccc(CCC(=O)N(Cc2ccc(Br)cc2)[C@H](C)C(=O)NC(C)C)cc1OCC. The van der Waals surface area contributed by atoms with Gasteiger partial charge < -0.3 is 19.7 Å². The zero-order valence-corrected chi connectivity index (χ0v) is 21.8. The molecule has 7 heteroatoms. The van der Waals surface area contributed by atoms with E-state index in [0.717, 1.165) is 15.6 Å². The summed E-state index contributed by atoms with van der Waals surface area (Å²) in [5.74, 6) is 1.15. The molecule has 2 aromatic carbocycles. The molecule has 0 saturated heterocycles. The van der Waals surface area contributed by atoms with Gasteiger partial charge in [0, 0.05) is 23.5 Å². The van der Waals surface area contributed by atoms with E-state index in [4.69, 9.17) is 9.47 Å². The highest BCUT2D eigenvalue weighted by Gasteiger charge is 2.26. The summed E-state index contributed by atoms with van der Waals surface area (Å²) >= 11 is 3.44. The summed E-state index contributed by atoms with van der Waals surface area (Å²) in [5.41, 5.74) is 1.95. The largest absolute Gasteiger partial charge is 0.490 e. The second kappa shape index (κ2) is 13.2. The van der Waals surface area contributed by atoms with Gasteiger partial charge in [0.1, 0.15) is 6.04 Å². The van der Waals surface area contributed by atoms with Gasteiger partial charge in [-0.05, 0) is 76.4 Å². The Morgan fingerprint density at radius 1 is 0.939 bits per heavy atom. The summed E-state index contributed by atoms with van der Waals surface area (Å²) in [6, 6.07) is 13.0. The van der Waals surface area contributed by atoms with Gasteiger partial charge in [0.15, 0.2) is 11.5 Å². The molecule has 2 aromatic rings. The Bertz CT molecular complexity index is 915. The molecule has 0 aliphatic rings. The molecular weight excluding hydrogens is 484 g/mol. The zero-order valence-electron chi connectivity index (χ0n) is 20.2. The van der Waals surface area contributed by atoms with E-state index < -0.39 is 6.04 Å². The van der Waals surface area contributed by atoms with E-state index in [0.29, 0.717) is 37.7 Å². The Morgan fingerprint density at radius 2 is 1.55 bits per heavy atom. The molecule has 1 N–H and O–H groups in total. The Balaban J connectivity index is 2.17. The molecule has 0 spiro atoms. The van der Waals surface area contributed by atoms with Crippen LogP contribution in [-0.4, -0.2) is 42.0 Å². The lowest BCUT2D eigenvalue weighted by atomic mass is 10.1. The van der Waals surface area contributed by atoms with Crippen molar-refractivity contribution in [3.63, 3.8) is 0 Å².